The van der Waals surface area contributed by atoms with Gasteiger partial charge < -0.3 is 18.9 Å². The van der Waals surface area contributed by atoms with Gasteiger partial charge in [-0.3, -0.25) is 4.98 Å². The van der Waals surface area contributed by atoms with Crippen molar-refractivity contribution in [2.45, 2.75) is 5.60 Å². The number of hydrogen-bond donors (Lipinski definition) is 0. The fourth-order valence-corrected chi connectivity index (χ4v) is 6.27. The number of hydrogen-bond acceptors (Lipinski definition) is 5. The number of rotatable bonds is 6. The Hall–Kier alpha value is -5.36. The van der Waals surface area contributed by atoms with E-state index in [1.54, 1.807) is 0 Å². The van der Waals surface area contributed by atoms with Gasteiger partial charge in [-0.15, -0.1) is 0 Å². The van der Waals surface area contributed by atoms with E-state index in [9.17, 15) is 4.79 Å². The first-order valence-corrected chi connectivity index (χ1v) is 14.3. The van der Waals surface area contributed by atoms with Crippen LogP contribution < -0.4 is 9.80 Å². The Labute approximate surface area is 251 Å². The Morgan fingerprint density at radius 1 is 0.721 bits per heavy atom. The number of carbonyl (C=O) groups excluding carboxylic acids is 1. The second-order valence-corrected chi connectivity index (χ2v) is 11.3. The van der Waals surface area contributed by atoms with Crippen LogP contribution in [0.15, 0.2) is 122 Å². The third kappa shape index (κ3) is 4.09. The summed E-state index contributed by atoms with van der Waals surface area (Å²) in [5, 5.41) is 0. The lowest BCUT2D eigenvalue weighted by Crippen LogP contribution is -2.32. The number of ether oxygens (including phenoxy) is 1. The molecule has 1 atom stereocenters. The number of esters is 1. The Balaban J connectivity index is 1.66. The molecule has 3 aromatic heterocycles. The van der Waals surface area contributed by atoms with E-state index >= 15 is 0 Å². The van der Waals surface area contributed by atoms with Gasteiger partial charge >= 0.3 is 5.97 Å². The second kappa shape index (κ2) is 10.2. The minimum absolute atomic E-state index is 0.352. The number of pyridine rings is 2. The van der Waals surface area contributed by atoms with Crippen LogP contribution in [0.2, 0.25) is 0 Å². The standard InChI is InChI=1S/C37H32N4O2/c1-39(2)27-18-16-26(17-19-27)37(30-21-20-28(40(3)4)24-29(30)36(42)43-37)35-34(31-14-8-10-22-38-31)33(25-12-6-5-7-13-25)32-15-9-11-23-41(32)35/h5-24H,1-4H3. The number of nitrogens with zero attached hydrogens (tertiary/aromatic N) is 4. The molecule has 0 bridgehead atoms. The number of cyclic esters (lactones) is 1. The molecule has 6 nitrogen and oxygen atoms in total. The molecule has 43 heavy (non-hydrogen) atoms. The predicted molar refractivity (Wildman–Crippen MR) is 173 cm³/mol. The van der Waals surface area contributed by atoms with Crippen molar-refractivity contribution in [2.75, 3.05) is 38.0 Å². The maximum atomic E-state index is 14.0. The molecule has 6 heteroatoms. The van der Waals surface area contributed by atoms with Gasteiger partial charge in [0.15, 0.2) is 0 Å². The molecular formula is C37H32N4O2. The maximum absolute atomic E-state index is 14.0. The zero-order chi connectivity index (χ0) is 29.7. The molecule has 0 amide bonds. The molecule has 4 heterocycles. The highest BCUT2D eigenvalue weighted by Gasteiger charge is 2.52. The molecule has 0 N–H and O–H groups in total. The van der Waals surface area contributed by atoms with Crippen molar-refractivity contribution in [3.05, 3.63) is 144 Å². The van der Waals surface area contributed by atoms with Gasteiger partial charge in [-0.05, 0) is 54.1 Å². The van der Waals surface area contributed by atoms with E-state index in [1.165, 1.54) is 0 Å². The van der Waals surface area contributed by atoms with E-state index < -0.39 is 5.60 Å². The minimum atomic E-state index is -1.24. The van der Waals surface area contributed by atoms with Crippen molar-refractivity contribution in [3.8, 4) is 22.4 Å². The van der Waals surface area contributed by atoms with Gasteiger partial charge in [0.1, 0.15) is 0 Å². The molecule has 6 aromatic rings. The fourth-order valence-electron chi connectivity index (χ4n) is 6.27. The Morgan fingerprint density at radius 2 is 1.42 bits per heavy atom. The van der Waals surface area contributed by atoms with Crippen LogP contribution in [0.4, 0.5) is 11.4 Å². The highest BCUT2D eigenvalue weighted by molar-refractivity contribution is 6.01. The van der Waals surface area contributed by atoms with Gasteiger partial charge in [-0.2, -0.15) is 0 Å². The van der Waals surface area contributed by atoms with Gasteiger partial charge in [0.25, 0.3) is 0 Å². The number of benzene rings is 3. The molecule has 3 aromatic carbocycles. The van der Waals surface area contributed by atoms with E-state index in [0.717, 1.165) is 56.1 Å². The number of carbonyl (C=O) groups is 1. The Kier molecular flexibility index (Phi) is 6.28. The molecule has 0 spiro atoms. The quantitative estimate of drug-likeness (QED) is 0.199. The Bertz CT molecular complexity index is 1960. The summed E-state index contributed by atoms with van der Waals surface area (Å²) in [6.45, 7) is 0. The van der Waals surface area contributed by atoms with Gasteiger partial charge in [-0.25, -0.2) is 4.79 Å². The third-order valence-corrected chi connectivity index (χ3v) is 8.32. The molecule has 0 aliphatic carbocycles. The van der Waals surface area contributed by atoms with Gasteiger partial charge in [0.05, 0.1) is 22.5 Å². The van der Waals surface area contributed by atoms with Crippen LogP contribution >= 0.6 is 0 Å². The molecule has 1 unspecified atom stereocenters. The van der Waals surface area contributed by atoms with Crippen molar-refractivity contribution >= 4 is 22.9 Å². The highest BCUT2D eigenvalue weighted by atomic mass is 16.6. The molecule has 0 radical (unpaired) electrons. The molecular weight excluding hydrogens is 532 g/mol. The molecule has 212 valence electrons. The minimum Gasteiger partial charge on any atom is -0.439 e. The van der Waals surface area contributed by atoms with Crippen LogP contribution in [0.3, 0.4) is 0 Å². The second-order valence-electron chi connectivity index (χ2n) is 11.3. The van der Waals surface area contributed by atoms with E-state index in [4.69, 9.17) is 9.72 Å². The molecule has 0 saturated heterocycles. The maximum Gasteiger partial charge on any atom is 0.340 e. The van der Waals surface area contributed by atoms with Crippen LogP contribution in [0.1, 0.15) is 27.2 Å². The summed E-state index contributed by atoms with van der Waals surface area (Å²) in [5.74, 6) is -0.352. The summed E-state index contributed by atoms with van der Waals surface area (Å²) in [5.41, 5.74) is 8.64. The molecule has 0 saturated carbocycles. The number of aromatic nitrogens is 2. The van der Waals surface area contributed by atoms with Crippen molar-refractivity contribution in [2.24, 2.45) is 0 Å². The van der Waals surface area contributed by atoms with Crippen molar-refractivity contribution in [1.29, 1.82) is 0 Å². The summed E-state index contributed by atoms with van der Waals surface area (Å²) < 4.78 is 8.90. The van der Waals surface area contributed by atoms with Crippen LogP contribution in [-0.4, -0.2) is 43.5 Å². The summed E-state index contributed by atoms with van der Waals surface area (Å²) in [7, 11) is 7.98. The predicted octanol–water partition coefficient (Wildman–Crippen LogP) is 7.26. The molecule has 7 rings (SSSR count). The van der Waals surface area contributed by atoms with E-state index in [1.807, 2.05) is 100.0 Å². The van der Waals surface area contributed by atoms with Crippen LogP contribution in [0, 0.1) is 0 Å². The fraction of sp³-hybridized carbons (Fsp3) is 0.135. The van der Waals surface area contributed by atoms with Crippen molar-refractivity contribution in [3.63, 3.8) is 0 Å². The van der Waals surface area contributed by atoms with Gasteiger partial charge in [-0.1, -0.05) is 60.7 Å². The summed E-state index contributed by atoms with van der Waals surface area (Å²) in [4.78, 5) is 22.9. The average Bonchev–Trinajstić information content (AvgIpc) is 3.54. The zero-order valence-corrected chi connectivity index (χ0v) is 24.7. The smallest absolute Gasteiger partial charge is 0.340 e. The van der Waals surface area contributed by atoms with Crippen LogP contribution in [0.5, 0.6) is 0 Å². The van der Waals surface area contributed by atoms with E-state index in [0.29, 0.717) is 5.56 Å². The largest absolute Gasteiger partial charge is 0.439 e. The Morgan fingerprint density at radius 3 is 2.12 bits per heavy atom. The van der Waals surface area contributed by atoms with E-state index in [-0.39, 0.29) is 5.97 Å². The monoisotopic (exact) mass is 564 g/mol. The topological polar surface area (TPSA) is 50.1 Å². The first-order valence-electron chi connectivity index (χ1n) is 14.3. The van der Waals surface area contributed by atoms with Crippen LogP contribution in [0.25, 0.3) is 27.9 Å². The third-order valence-electron chi connectivity index (χ3n) is 8.32. The van der Waals surface area contributed by atoms with Crippen molar-refractivity contribution < 1.29 is 9.53 Å². The summed E-state index contributed by atoms with van der Waals surface area (Å²) >= 11 is 0. The zero-order valence-electron chi connectivity index (χ0n) is 24.7. The lowest BCUT2D eigenvalue weighted by molar-refractivity contribution is 0.0238. The lowest BCUT2D eigenvalue weighted by Gasteiger charge is -2.32. The highest BCUT2D eigenvalue weighted by Crippen LogP contribution is 2.53. The van der Waals surface area contributed by atoms with Crippen LogP contribution in [-0.2, 0) is 10.3 Å². The first-order chi connectivity index (χ1) is 20.9. The molecule has 0 fully saturated rings. The average molecular weight is 565 g/mol. The number of fused-ring (bicyclic) bond motifs is 2. The SMILES string of the molecule is CN(C)c1ccc(C2(c3c(-c4ccccn4)c(-c4ccccc4)c4ccccn34)OC(=O)c3cc(N(C)C)ccc32)cc1. The van der Waals surface area contributed by atoms with E-state index in [2.05, 4.69) is 64.0 Å². The first kappa shape index (κ1) is 26.5. The molecule has 1 aliphatic rings. The normalized spacial score (nSPS) is 15.8. The summed E-state index contributed by atoms with van der Waals surface area (Å²) in [6, 6.07) is 36.8. The van der Waals surface area contributed by atoms with Gasteiger partial charge in [0.2, 0.25) is 5.60 Å². The summed E-state index contributed by atoms with van der Waals surface area (Å²) in [6.07, 6.45) is 3.87. The van der Waals surface area contributed by atoms with Gasteiger partial charge in [0, 0.05) is 74.2 Å². The lowest BCUT2D eigenvalue weighted by atomic mass is 9.79. The van der Waals surface area contributed by atoms with Crippen molar-refractivity contribution in [1.82, 2.24) is 9.38 Å². The number of anilines is 2. The molecule has 1 aliphatic heterocycles.